The molecule has 4 heteroatoms. The SMILES string of the molecule is CCCCSCCCCCCCN1C(=O)c2ccccc2C1=O. The lowest BCUT2D eigenvalue weighted by Crippen LogP contribution is -2.30. The van der Waals surface area contributed by atoms with Gasteiger partial charge in [-0.1, -0.05) is 44.7 Å². The first-order valence-corrected chi connectivity index (χ1v) is 9.94. The van der Waals surface area contributed by atoms with Crippen LogP contribution in [0.25, 0.3) is 0 Å². The molecule has 1 aromatic carbocycles. The number of rotatable bonds is 11. The molecule has 23 heavy (non-hydrogen) atoms. The van der Waals surface area contributed by atoms with Crippen molar-refractivity contribution in [1.29, 1.82) is 0 Å². The van der Waals surface area contributed by atoms with Crippen LogP contribution in [0.4, 0.5) is 0 Å². The Bertz CT molecular complexity index is 495. The van der Waals surface area contributed by atoms with Gasteiger partial charge in [-0.05, 0) is 42.9 Å². The molecule has 1 aliphatic rings. The largest absolute Gasteiger partial charge is 0.274 e. The van der Waals surface area contributed by atoms with Crippen LogP contribution in [0.5, 0.6) is 0 Å². The molecule has 2 amide bonds. The van der Waals surface area contributed by atoms with E-state index in [1.54, 1.807) is 12.1 Å². The summed E-state index contributed by atoms with van der Waals surface area (Å²) < 4.78 is 0. The van der Waals surface area contributed by atoms with Gasteiger partial charge in [0.15, 0.2) is 0 Å². The molecule has 0 saturated carbocycles. The molecule has 0 atom stereocenters. The summed E-state index contributed by atoms with van der Waals surface area (Å²) in [6.45, 7) is 2.78. The number of hydrogen-bond donors (Lipinski definition) is 0. The highest BCUT2D eigenvalue weighted by Gasteiger charge is 2.34. The number of amides is 2. The summed E-state index contributed by atoms with van der Waals surface area (Å²) in [4.78, 5) is 25.8. The number of carbonyl (C=O) groups excluding carboxylic acids is 2. The second-order valence-corrected chi connectivity index (χ2v) is 7.27. The zero-order valence-electron chi connectivity index (χ0n) is 14.1. The highest BCUT2D eigenvalue weighted by atomic mass is 32.2. The monoisotopic (exact) mass is 333 g/mol. The highest BCUT2D eigenvalue weighted by molar-refractivity contribution is 7.99. The summed E-state index contributed by atoms with van der Waals surface area (Å²) in [6.07, 6.45) is 8.33. The molecule has 3 nitrogen and oxygen atoms in total. The number of carbonyl (C=O) groups is 2. The van der Waals surface area contributed by atoms with Gasteiger partial charge in [0.2, 0.25) is 0 Å². The van der Waals surface area contributed by atoms with E-state index in [-0.39, 0.29) is 11.8 Å². The lowest BCUT2D eigenvalue weighted by Gasteiger charge is -2.13. The Morgan fingerprint density at radius 1 is 0.826 bits per heavy atom. The zero-order chi connectivity index (χ0) is 16.5. The fraction of sp³-hybridized carbons (Fsp3) is 0.579. The topological polar surface area (TPSA) is 37.4 Å². The zero-order valence-corrected chi connectivity index (χ0v) is 14.9. The van der Waals surface area contributed by atoms with Crippen LogP contribution in [-0.2, 0) is 0 Å². The molecule has 0 spiro atoms. The van der Waals surface area contributed by atoms with Crippen molar-refractivity contribution >= 4 is 23.6 Å². The average molecular weight is 333 g/mol. The van der Waals surface area contributed by atoms with Crippen molar-refractivity contribution in [3.63, 3.8) is 0 Å². The Morgan fingerprint density at radius 3 is 2.04 bits per heavy atom. The highest BCUT2D eigenvalue weighted by Crippen LogP contribution is 2.22. The van der Waals surface area contributed by atoms with E-state index in [1.165, 1.54) is 48.5 Å². The first-order valence-electron chi connectivity index (χ1n) is 8.78. The van der Waals surface area contributed by atoms with Crippen molar-refractivity contribution in [2.24, 2.45) is 0 Å². The van der Waals surface area contributed by atoms with E-state index in [2.05, 4.69) is 18.7 Å². The lowest BCUT2D eigenvalue weighted by atomic mass is 10.1. The maximum atomic E-state index is 12.2. The molecule has 0 saturated heterocycles. The number of fused-ring (bicyclic) bond motifs is 1. The van der Waals surface area contributed by atoms with Gasteiger partial charge in [-0.3, -0.25) is 14.5 Å². The van der Waals surface area contributed by atoms with E-state index < -0.39 is 0 Å². The number of nitrogens with zero attached hydrogens (tertiary/aromatic N) is 1. The number of thioether (sulfide) groups is 1. The molecule has 0 fully saturated rings. The molecule has 0 aromatic heterocycles. The summed E-state index contributed by atoms with van der Waals surface area (Å²) in [5.41, 5.74) is 1.11. The van der Waals surface area contributed by atoms with E-state index in [4.69, 9.17) is 0 Å². The lowest BCUT2D eigenvalue weighted by molar-refractivity contribution is 0.0651. The standard InChI is InChI=1S/C19H27NO2S/c1-2-3-14-23-15-10-6-4-5-9-13-20-18(21)16-11-7-8-12-17(16)19(20)22/h7-8,11-12H,2-6,9-10,13-15H2,1H3. The fourth-order valence-electron chi connectivity index (χ4n) is 2.80. The molecule has 0 aliphatic carbocycles. The van der Waals surface area contributed by atoms with Crippen molar-refractivity contribution in [3.05, 3.63) is 35.4 Å². The van der Waals surface area contributed by atoms with Crippen LogP contribution in [0.2, 0.25) is 0 Å². The van der Waals surface area contributed by atoms with Crippen LogP contribution in [0, 0.1) is 0 Å². The predicted molar refractivity (Wildman–Crippen MR) is 97.1 cm³/mol. The summed E-state index contributed by atoms with van der Waals surface area (Å²) in [5.74, 6) is 2.30. The molecule has 0 radical (unpaired) electrons. The number of benzene rings is 1. The third kappa shape index (κ3) is 5.10. The van der Waals surface area contributed by atoms with Crippen LogP contribution < -0.4 is 0 Å². The van der Waals surface area contributed by atoms with Crippen LogP contribution >= 0.6 is 11.8 Å². The Hall–Kier alpha value is -1.29. The van der Waals surface area contributed by atoms with Gasteiger partial charge in [-0.2, -0.15) is 11.8 Å². The van der Waals surface area contributed by atoms with Crippen molar-refractivity contribution in [2.45, 2.75) is 51.9 Å². The van der Waals surface area contributed by atoms with Crippen LogP contribution in [-0.4, -0.2) is 34.8 Å². The van der Waals surface area contributed by atoms with Gasteiger partial charge in [0.05, 0.1) is 11.1 Å². The maximum Gasteiger partial charge on any atom is 0.261 e. The minimum atomic E-state index is -0.127. The third-order valence-corrected chi connectivity index (χ3v) is 5.35. The molecule has 0 bridgehead atoms. The quantitative estimate of drug-likeness (QED) is 0.432. The number of hydrogen-bond acceptors (Lipinski definition) is 3. The molecule has 0 unspecified atom stereocenters. The first-order chi connectivity index (χ1) is 11.3. The van der Waals surface area contributed by atoms with Crippen molar-refractivity contribution in [2.75, 3.05) is 18.1 Å². The van der Waals surface area contributed by atoms with E-state index in [1.807, 2.05) is 12.1 Å². The van der Waals surface area contributed by atoms with E-state index in [9.17, 15) is 9.59 Å². The van der Waals surface area contributed by atoms with Gasteiger partial charge in [-0.15, -0.1) is 0 Å². The van der Waals surface area contributed by atoms with Crippen LogP contribution in [0.15, 0.2) is 24.3 Å². The number of unbranched alkanes of at least 4 members (excludes halogenated alkanes) is 5. The third-order valence-electron chi connectivity index (χ3n) is 4.19. The molecule has 0 N–H and O–H groups in total. The fourth-order valence-corrected chi connectivity index (χ4v) is 3.90. The summed E-state index contributed by atoms with van der Waals surface area (Å²) in [7, 11) is 0. The van der Waals surface area contributed by atoms with Crippen molar-refractivity contribution < 1.29 is 9.59 Å². The van der Waals surface area contributed by atoms with Gasteiger partial charge in [0, 0.05) is 6.54 Å². The van der Waals surface area contributed by atoms with Gasteiger partial charge >= 0.3 is 0 Å². The molecular formula is C19H27NO2S. The minimum Gasteiger partial charge on any atom is -0.274 e. The predicted octanol–water partition coefficient (Wildman–Crippen LogP) is 4.77. The molecule has 2 rings (SSSR count). The molecule has 1 heterocycles. The van der Waals surface area contributed by atoms with Crippen LogP contribution in [0.1, 0.15) is 72.6 Å². The second-order valence-electron chi connectivity index (χ2n) is 6.04. The van der Waals surface area contributed by atoms with E-state index in [0.717, 1.165) is 12.8 Å². The van der Waals surface area contributed by atoms with E-state index >= 15 is 0 Å². The van der Waals surface area contributed by atoms with Crippen molar-refractivity contribution in [3.8, 4) is 0 Å². The summed E-state index contributed by atoms with van der Waals surface area (Å²) in [5, 5.41) is 0. The van der Waals surface area contributed by atoms with Crippen molar-refractivity contribution in [1.82, 2.24) is 4.90 Å². The average Bonchev–Trinajstić information content (AvgIpc) is 2.81. The van der Waals surface area contributed by atoms with Gasteiger partial charge in [0.1, 0.15) is 0 Å². The Morgan fingerprint density at radius 2 is 1.39 bits per heavy atom. The molecule has 126 valence electrons. The molecule has 1 aliphatic heterocycles. The second kappa shape index (κ2) is 9.76. The van der Waals surface area contributed by atoms with Gasteiger partial charge in [0.25, 0.3) is 11.8 Å². The Kier molecular flexibility index (Phi) is 7.66. The first kappa shape index (κ1) is 18.1. The smallest absolute Gasteiger partial charge is 0.261 e. The molecule has 1 aromatic rings. The normalized spacial score (nSPS) is 13.7. The van der Waals surface area contributed by atoms with E-state index in [0.29, 0.717) is 17.7 Å². The summed E-state index contributed by atoms with van der Waals surface area (Å²) in [6, 6.07) is 7.11. The Balaban J connectivity index is 1.57. The minimum absolute atomic E-state index is 0.127. The van der Waals surface area contributed by atoms with Crippen LogP contribution in [0.3, 0.4) is 0 Å². The van der Waals surface area contributed by atoms with Gasteiger partial charge < -0.3 is 0 Å². The summed E-state index contributed by atoms with van der Waals surface area (Å²) >= 11 is 2.06. The Labute approximate surface area is 143 Å². The number of imide groups is 1. The molecular weight excluding hydrogens is 306 g/mol. The van der Waals surface area contributed by atoms with Gasteiger partial charge in [-0.25, -0.2) is 0 Å². The maximum absolute atomic E-state index is 12.2.